The fraction of sp³-hybridized carbons (Fsp3) is 0.556. The van der Waals surface area contributed by atoms with E-state index in [1.165, 1.54) is 11.3 Å². The van der Waals surface area contributed by atoms with E-state index in [9.17, 15) is 9.59 Å². The number of carbonyl (C=O) groups excluding carboxylic acids is 2. The maximum Gasteiger partial charge on any atom is 0.231 e. The molecule has 0 spiro atoms. The number of hydrogen-bond acceptors (Lipinski definition) is 6. The van der Waals surface area contributed by atoms with Gasteiger partial charge >= 0.3 is 0 Å². The van der Waals surface area contributed by atoms with Crippen molar-refractivity contribution in [3.63, 3.8) is 0 Å². The summed E-state index contributed by atoms with van der Waals surface area (Å²) in [6, 6.07) is -0.0926. The zero-order chi connectivity index (χ0) is 19.6. The molecule has 8 nitrogen and oxygen atoms in total. The lowest BCUT2D eigenvalue weighted by atomic mass is 9.96. The molecule has 3 rings (SSSR count). The van der Waals surface area contributed by atoms with Crippen LogP contribution in [0.25, 0.3) is 0 Å². The summed E-state index contributed by atoms with van der Waals surface area (Å²) in [5.74, 6) is 0.794. The Morgan fingerprint density at radius 1 is 1.34 bits per heavy atom. The van der Waals surface area contributed by atoms with Gasteiger partial charge in [-0.05, 0) is 0 Å². The third-order valence-corrected chi connectivity index (χ3v) is 5.31. The quantitative estimate of drug-likeness (QED) is 0.727. The fourth-order valence-electron chi connectivity index (χ4n) is 2.92. The summed E-state index contributed by atoms with van der Waals surface area (Å²) < 4.78 is 1.95. The van der Waals surface area contributed by atoms with Crippen LogP contribution >= 0.6 is 36.2 Å². The van der Waals surface area contributed by atoms with Crippen LogP contribution in [0.4, 0.5) is 5.13 Å². The highest BCUT2D eigenvalue weighted by molar-refractivity contribution is 7.13. The number of rotatable bonds is 4. The summed E-state index contributed by atoms with van der Waals surface area (Å²) in [5, 5.41) is 8.50. The lowest BCUT2D eigenvalue weighted by molar-refractivity contribution is -0.134. The van der Waals surface area contributed by atoms with E-state index in [-0.39, 0.29) is 49.1 Å². The van der Waals surface area contributed by atoms with Gasteiger partial charge in [0.05, 0.1) is 12.1 Å². The van der Waals surface area contributed by atoms with Gasteiger partial charge in [0, 0.05) is 49.9 Å². The molecular weight excluding hydrogens is 435 g/mol. The van der Waals surface area contributed by atoms with Crippen molar-refractivity contribution in [2.24, 2.45) is 12.5 Å². The number of anilines is 1. The van der Waals surface area contributed by atoms with Crippen molar-refractivity contribution in [1.29, 1.82) is 0 Å². The molecule has 0 aliphatic carbocycles. The topological polar surface area (TPSA) is 92.2 Å². The molecule has 1 aliphatic heterocycles. The van der Waals surface area contributed by atoms with Crippen LogP contribution in [0.3, 0.4) is 0 Å². The predicted octanol–water partition coefficient (Wildman–Crippen LogP) is 2.42. The molecule has 162 valence electrons. The van der Waals surface area contributed by atoms with Gasteiger partial charge in [-0.25, -0.2) is 9.97 Å². The Hall–Kier alpha value is -1.68. The van der Waals surface area contributed by atoms with E-state index in [1.807, 2.05) is 48.9 Å². The number of nitrogens with one attached hydrogen (secondary N) is 2. The van der Waals surface area contributed by atoms with Crippen LogP contribution in [0.2, 0.25) is 0 Å². The highest BCUT2D eigenvalue weighted by atomic mass is 35.5. The number of nitrogens with zero attached hydrogens (tertiary/aromatic N) is 4. The first kappa shape index (κ1) is 25.4. The molecule has 0 aromatic carbocycles. The molecule has 1 fully saturated rings. The average Bonchev–Trinajstić information content (AvgIpc) is 3.23. The average molecular weight is 463 g/mol. The molecule has 0 radical (unpaired) electrons. The first-order chi connectivity index (χ1) is 12.8. The monoisotopic (exact) mass is 462 g/mol. The lowest BCUT2D eigenvalue weighted by Crippen LogP contribution is -2.49. The SMILES string of the molecule is Cl.Cl.Cn1ccnc1C1CNCCN1C(=O)Cc1csc(NC(=O)C(C)(C)C)n1. The smallest absolute Gasteiger partial charge is 0.231 e. The van der Waals surface area contributed by atoms with Crippen LogP contribution in [0.5, 0.6) is 0 Å². The highest BCUT2D eigenvalue weighted by Gasteiger charge is 2.30. The van der Waals surface area contributed by atoms with Crippen molar-refractivity contribution in [3.05, 3.63) is 29.3 Å². The summed E-state index contributed by atoms with van der Waals surface area (Å²) in [6.07, 6.45) is 3.84. The molecule has 1 aliphatic rings. The number of imidazole rings is 1. The Labute approximate surface area is 187 Å². The van der Waals surface area contributed by atoms with Gasteiger partial charge in [-0.15, -0.1) is 36.2 Å². The molecule has 29 heavy (non-hydrogen) atoms. The van der Waals surface area contributed by atoms with Crippen LogP contribution < -0.4 is 10.6 Å². The molecule has 0 bridgehead atoms. The van der Waals surface area contributed by atoms with Crippen molar-refractivity contribution in [1.82, 2.24) is 24.8 Å². The molecule has 2 aromatic rings. The number of halogens is 2. The maximum atomic E-state index is 12.9. The first-order valence-electron chi connectivity index (χ1n) is 8.99. The van der Waals surface area contributed by atoms with Crippen LogP contribution in [0.15, 0.2) is 17.8 Å². The molecule has 2 aromatic heterocycles. The van der Waals surface area contributed by atoms with E-state index in [1.54, 1.807) is 6.20 Å². The predicted molar refractivity (Wildman–Crippen MR) is 119 cm³/mol. The Bertz CT molecular complexity index is 832. The third kappa shape index (κ3) is 6.15. The van der Waals surface area contributed by atoms with Gasteiger partial charge in [-0.2, -0.15) is 0 Å². The van der Waals surface area contributed by atoms with Crippen LogP contribution in [-0.4, -0.2) is 50.9 Å². The highest BCUT2D eigenvalue weighted by Crippen LogP contribution is 2.24. The molecule has 1 unspecified atom stereocenters. The number of aromatic nitrogens is 3. The van der Waals surface area contributed by atoms with Crippen molar-refractivity contribution in [2.75, 3.05) is 25.0 Å². The summed E-state index contributed by atoms with van der Waals surface area (Å²) in [5.41, 5.74) is 0.184. The molecule has 0 saturated carbocycles. The standard InChI is InChI=1S/C18H26N6O2S.2ClH/c1-18(2,3)16(26)22-17-21-12(11-27-17)9-14(25)24-8-5-19-10-13(24)15-20-6-7-23(15)4;;/h6-7,11,13,19H,5,8-10H2,1-4H3,(H,21,22,26);2*1H. The molecule has 1 atom stereocenters. The number of thiazole rings is 1. The molecule has 11 heteroatoms. The van der Waals surface area contributed by atoms with Crippen LogP contribution in [-0.2, 0) is 23.1 Å². The van der Waals surface area contributed by atoms with Gasteiger partial charge in [0.25, 0.3) is 0 Å². The zero-order valence-electron chi connectivity index (χ0n) is 17.0. The van der Waals surface area contributed by atoms with E-state index in [2.05, 4.69) is 20.6 Å². The Morgan fingerprint density at radius 2 is 2.07 bits per heavy atom. The van der Waals surface area contributed by atoms with E-state index >= 15 is 0 Å². The Morgan fingerprint density at radius 3 is 2.69 bits per heavy atom. The summed E-state index contributed by atoms with van der Waals surface area (Å²) in [4.78, 5) is 35.7. The minimum Gasteiger partial charge on any atom is -0.336 e. The van der Waals surface area contributed by atoms with Crippen LogP contribution in [0.1, 0.15) is 38.3 Å². The Kier molecular flexibility index (Phi) is 9.08. The van der Waals surface area contributed by atoms with Gasteiger partial charge in [-0.3, -0.25) is 9.59 Å². The second kappa shape index (κ2) is 10.4. The summed E-state index contributed by atoms with van der Waals surface area (Å²) in [7, 11) is 1.93. The van der Waals surface area contributed by atoms with E-state index in [0.717, 1.165) is 12.4 Å². The Balaban J connectivity index is 0.00000210. The number of carbonyl (C=O) groups is 2. The number of piperazine rings is 1. The largest absolute Gasteiger partial charge is 0.336 e. The molecule has 2 N–H and O–H groups in total. The minimum atomic E-state index is -0.488. The second-order valence-electron chi connectivity index (χ2n) is 7.73. The number of aryl methyl sites for hydroxylation is 1. The van der Waals surface area contributed by atoms with Gasteiger partial charge in [0.2, 0.25) is 11.8 Å². The molecule has 2 amide bonds. The fourth-order valence-corrected chi connectivity index (χ4v) is 3.62. The van der Waals surface area contributed by atoms with E-state index in [4.69, 9.17) is 0 Å². The second-order valence-corrected chi connectivity index (χ2v) is 8.59. The number of hydrogen-bond donors (Lipinski definition) is 2. The minimum absolute atomic E-state index is 0. The van der Waals surface area contributed by atoms with Gasteiger partial charge < -0.3 is 20.1 Å². The third-order valence-electron chi connectivity index (χ3n) is 4.51. The first-order valence-corrected chi connectivity index (χ1v) is 9.87. The zero-order valence-corrected chi connectivity index (χ0v) is 19.4. The van der Waals surface area contributed by atoms with Crippen molar-refractivity contribution in [2.45, 2.75) is 33.2 Å². The maximum absolute atomic E-state index is 12.9. The van der Waals surface area contributed by atoms with Crippen molar-refractivity contribution >= 4 is 53.1 Å². The van der Waals surface area contributed by atoms with Crippen molar-refractivity contribution in [3.8, 4) is 0 Å². The van der Waals surface area contributed by atoms with Gasteiger partial charge in [0.15, 0.2) is 5.13 Å². The molecular formula is C18H28Cl2N6O2S. The summed E-state index contributed by atoms with van der Waals surface area (Å²) in [6.45, 7) is 7.62. The van der Waals surface area contributed by atoms with E-state index < -0.39 is 5.41 Å². The van der Waals surface area contributed by atoms with E-state index in [0.29, 0.717) is 23.9 Å². The summed E-state index contributed by atoms with van der Waals surface area (Å²) >= 11 is 1.34. The van der Waals surface area contributed by atoms with Gasteiger partial charge in [0.1, 0.15) is 11.9 Å². The van der Waals surface area contributed by atoms with Crippen LogP contribution in [0, 0.1) is 5.41 Å². The van der Waals surface area contributed by atoms with Gasteiger partial charge in [-0.1, -0.05) is 20.8 Å². The van der Waals surface area contributed by atoms with Crippen molar-refractivity contribution < 1.29 is 9.59 Å². The molecule has 1 saturated heterocycles. The lowest BCUT2D eigenvalue weighted by Gasteiger charge is -2.35. The normalized spacial score (nSPS) is 16.6. The number of amides is 2. The molecule has 3 heterocycles.